The first-order chi connectivity index (χ1) is 11.2. The third-order valence-electron chi connectivity index (χ3n) is 3.78. The van der Waals surface area contributed by atoms with Crippen molar-refractivity contribution in [3.63, 3.8) is 0 Å². The molecule has 0 aromatic heterocycles. The number of carbonyl (C=O) groups excluding carboxylic acids is 1. The summed E-state index contributed by atoms with van der Waals surface area (Å²) in [5.74, 6) is -0.337. The molecule has 0 unspecified atom stereocenters. The Hall–Kier alpha value is -2.16. The summed E-state index contributed by atoms with van der Waals surface area (Å²) in [4.78, 5) is 11.9. The average Bonchev–Trinajstić information content (AvgIpc) is 2.57. The fourth-order valence-corrected chi connectivity index (χ4v) is 2.41. The van der Waals surface area contributed by atoms with Gasteiger partial charge in [0.25, 0.3) is 0 Å². The summed E-state index contributed by atoms with van der Waals surface area (Å²) in [5, 5.41) is 0. The van der Waals surface area contributed by atoms with Crippen molar-refractivity contribution in [2.75, 3.05) is 0 Å². The normalized spacial score (nSPS) is 10.5. The van der Waals surface area contributed by atoms with Crippen LogP contribution >= 0.6 is 0 Å². The molecule has 2 nitrogen and oxygen atoms in total. The minimum atomic E-state index is -0.475. The van der Waals surface area contributed by atoms with Crippen LogP contribution in [0.5, 0.6) is 5.75 Å². The van der Waals surface area contributed by atoms with E-state index in [1.807, 2.05) is 24.3 Å². The van der Waals surface area contributed by atoms with Crippen LogP contribution in [0.3, 0.4) is 0 Å². The maximum absolute atomic E-state index is 12.8. The molecule has 122 valence electrons. The van der Waals surface area contributed by atoms with Crippen LogP contribution in [0.25, 0.3) is 0 Å². The molecule has 0 aliphatic rings. The Balaban J connectivity index is 1.82. The summed E-state index contributed by atoms with van der Waals surface area (Å²) >= 11 is 0. The minimum absolute atomic E-state index is 0.339. The number of hydrogen-bond acceptors (Lipinski definition) is 2. The molecule has 0 atom stereocenters. The van der Waals surface area contributed by atoms with Crippen molar-refractivity contribution in [2.45, 2.75) is 45.4 Å². The smallest absolute Gasteiger partial charge is 0.343 e. The van der Waals surface area contributed by atoms with Crippen molar-refractivity contribution in [1.82, 2.24) is 0 Å². The number of aryl methyl sites for hydroxylation is 1. The van der Waals surface area contributed by atoms with E-state index in [1.165, 1.54) is 61.9 Å². The summed E-state index contributed by atoms with van der Waals surface area (Å²) < 4.78 is 18.1. The lowest BCUT2D eigenvalue weighted by Gasteiger charge is -2.06. The van der Waals surface area contributed by atoms with Crippen LogP contribution in [0.1, 0.15) is 54.9 Å². The molecule has 0 spiro atoms. The standard InChI is InChI=1S/C20H23FO2/c1-2-3-4-5-6-7-16-8-14-19(15-9-16)23-20(22)17-10-12-18(21)13-11-17/h8-15H,2-7H2,1H3. The van der Waals surface area contributed by atoms with Gasteiger partial charge in [-0.2, -0.15) is 0 Å². The number of ether oxygens (including phenoxy) is 1. The van der Waals surface area contributed by atoms with Gasteiger partial charge in [-0.15, -0.1) is 0 Å². The molecule has 0 saturated heterocycles. The number of hydrogen-bond donors (Lipinski definition) is 0. The highest BCUT2D eigenvalue weighted by Crippen LogP contribution is 2.16. The maximum Gasteiger partial charge on any atom is 0.343 e. The third-order valence-corrected chi connectivity index (χ3v) is 3.78. The van der Waals surface area contributed by atoms with Gasteiger partial charge in [0, 0.05) is 0 Å². The lowest BCUT2D eigenvalue weighted by Crippen LogP contribution is -2.08. The van der Waals surface area contributed by atoms with Gasteiger partial charge < -0.3 is 4.74 Å². The van der Waals surface area contributed by atoms with Crippen molar-refractivity contribution in [2.24, 2.45) is 0 Å². The largest absolute Gasteiger partial charge is 0.423 e. The Morgan fingerprint density at radius 2 is 1.57 bits per heavy atom. The van der Waals surface area contributed by atoms with Crippen molar-refractivity contribution in [3.8, 4) is 5.75 Å². The predicted molar refractivity (Wildman–Crippen MR) is 90.3 cm³/mol. The summed E-state index contributed by atoms with van der Waals surface area (Å²) in [7, 11) is 0. The number of carbonyl (C=O) groups is 1. The van der Waals surface area contributed by atoms with Crippen LogP contribution in [-0.4, -0.2) is 5.97 Å². The zero-order valence-electron chi connectivity index (χ0n) is 13.6. The number of benzene rings is 2. The molecule has 0 radical (unpaired) electrons. The van der Waals surface area contributed by atoms with Crippen LogP contribution < -0.4 is 4.74 Å². The van der Waals surface area contributed by atoms with Gasteiger partial charge in [0.2, 0.25) is 0 Å². The highest BCUT2D eigenvalue weighted by Gasteiger charge is 2.08. The topological polar surface area (TPSA) is 26.3 Å². The summed E-state index contributed by atoms with van der Waals surface area (Å²) in [5.41, 5.74) is 1.59. The molecule has 0 aliphatic heterocycles. The van der Waals surface area contributed by atoms with Crippen LogP contribution in [0.2, 0.25) is 0 Å². The molecule has 2 aromatic rings. The fraction of sp³-hybridized carbons (Fsp3) is 0.350. The molecular formula is C20H23FO2. The molecule has 3 heteroatoms. The molecule has 0 fully saturated rings. The molecule has 23 heavy (non-hydrogen) atoms. The van der Waals surface area contributed by atoms with Crippen LogP contribution in [-0.2, 0) is 6.42 Å². The van der Waals surface area contributed by atoms with Crippen LogP contribution in [0.4, 0.5) is 4.39 Å². The van der Waals surface area contributed by atoms with E-state index in [1.54, 1.807) is 0 Å². The van der Waals surface area contributed by atoms with Crippen LogP contribution in [0.15, 0.2) is 48.5 Å². The summed E-state index contributed by atoms with van der Waals surface area (Å²) in [6.07, 6.45) is 7.36. The van der Waals surface area contributed by atoms with Gasteiger partial charge in [-0.25, -0.2) is 9.18 Å². The summed E-state index contributed by atoms with van der Waals surface area (Å²) in [6.45, 7) is 2.21. The second kappa shape index (κ2) is 9.09. The second-order valence-electron chi connectivity index (χ2n) is 5.70. The maximum atomic E-state index is 12.8. The first-order valence-corrected chi connectivity index (χ1v) is 8.25. The van der Waals surface area contributed by atoms with Crippen LogP contribution in [0, 0.1) is 5.82 Å². The molecule has 0 amide bonds. The van der Waals surface area contributed by atoms with E-state index in [0.717, 1.165) is 6.42 Å². The highest BCUT2D eigenvalue weighted by molar-refractivity contribution is 5.90. The van der Waals surface area contributed by atoms with Gasteiger partial charge >= 0.3 is 5.97 Å². The Kier molecular flexibility index (Phi) is 6.79. The van der Waals surface area contributed by atoms with Crippen molar-refractivity contribution in [3.05, 3.63) is 65.5 Å². The molecule has 0 N–H and O–H groups in total. The van der Waals surface area contributed by atoms with E-state index in [0.29, 0.717) is 11.3 Å². The number of halogens is 1. The van der Waals surface area contributed by atoms with E-state index in [2.05, 4.69) is 6.92 Å². The quantitative estimate of drug-likeness (QED) is 0.362. The zero-order chi connectivity index (χ0) is 16.5. The van der Waals surface area contributed by atoms with Gasteiger partial charge in [0.1, 0.15) is 11.6 Å². The van der Waals surface area contributed by atoms with Gasteiger partial charge in [0.05, 0.1) is 5.56 Å². The molecule has 2 rings (SSSR count). The fourth-order valence-electron chi connectivity index (χ4n) is 2.41. The van der Waals surface area contributed by atoms with Crippen molar-refractivity contribution >= 4 is 5.97 Å². The molecular weight excluding hydrogens is 291 g/mol. The van der Waals surface area contributed by atoms with Gasteiger partial charge in [-0.3, -0.25) is 0 Å². The molecule has 0 bridgehead atoms. The molecule has 2 aromatic carbocycles. The van der Waals surface area contributed by atoms with Crippen molar-refractivity contribution < 1.29 is 13.9 Å². The van der Waals surface area contributed by atoms with E-state index in [-0.39, 0.29) is 5.82 Å². The zero-order valence-corrected chi connectivity index (χ0v) is 13.6. The Morgan fingerprint density at radius 3 is 2.22 bits per heavy atom. The lowest BCUT2D eigenvalue weighted by molar-refractivity contribution is 0.0734. The first kappa shape index (κ1) is 17.2. The lowest BCUT2D eigenvalue weighted by atomic mass is 10.1. The van der Waals surface area contributed by atoms with E-state index < -0.39 is 5.97 Å². The molecule has 0 heterocycles. The summed E-state index contributed by atoms with van der Waals surface area (Å²) in [6, 6.07) is 12.9. The predicted octanol–water partition coefficient (Wildman–Crippen LogP) is 5.56. The first-order valence-electron chi connectivity index (χ1n) is 8.25. The van der Waals surface area contributed by atoms with Gasteiger partial charge in [-0.05, 0) is 54.8 Å². The Labute approximate surface area is 137 Å². The number of unbranched alkanes of at least 4 members (excludes halogenated alkanes) is 4. The minimum Gasteiger partial charge on any atom is -0.423 e. The molecule has 0 saturated carbocycles. The van der Waals surface area contributed by atoms with E-state index in [4.69, 9.17) is 4.74 Å². The van der Waals surface area contributed by atoms with E-state index in [9.17, 15) is 9.18 Å². The number of esters is 1. The van der Waals surface area contributed by atoms with Gasteiger partial charge in [0.15, 0.2) is 0 Å². The van der Waals surface area contributed by atoms with E-state index >= 15 is 0 Å². The highest BCUT2D eigenvalue weighted by atomic mass is 19.1. The second-order valence-corrected chi connectivity index (χ2v) is 5.70. The average molecular weight is 314 g/mol. The Bertz CT molecular complexity index is 603. The SMILES string of the molecule is CCCCCCCc1ccc(OC(=O)c2ccc(F)cc2)cc1. The monoisotopic (exact) mass is 314 g/mol. The molecule has 0 aliphatic carbocycles. The third kappa shape index (κ3) is 5.85. The number of rotatable bonds is 8. The van der Waals surface area contributed by atoms with Crippen molar-refractivity contribution in [1.29, 1.82) is 0 Å². The Morgan fingerprint density at radius 1 is 0.913 bits per heavy atom. The van der Waals surface area contributed by atoms with Gasteiger partial charge in [-0.1, -0.05) is 44.7 Å².